The van der Waals surface area contributed by atoms with Crippen molar-refractivity contribution in [3.63, 3.8) is 0 Å². The van der Waals surface area contributed by atoms with Crippen LogP contribution in [0.4, 0.5) is 0 Å². The molecule has 0 radical (unpaired) electrons. The summed E-state index contributed by atoms with van der Waals surface area (Å²) in [7, 11) is -1.34. The van der Waals surface area contributed by atoms with E-state index in [1.54, 1.807) is 0 Å². The number of hydrogen-bond acceptors (Lipinski definition) is 1. The maximum Gasteiger partial charge on any atom is 0.130 e. The Morgan fingerprint density at radius 2 is 1.07 bits per heavy atom. The summed E-state index contributed by atoms with van der Waals surface area (Å²) < 4.78 is 6.10. The quantitative estimate of drug-likeness (QED) is 0.342. The molecule has 0 fully saturated rings. The van der Waals surface area contributed by atoms with Crippen LogP contribution in [0.1, 0.15) is 5.56 Å². The van der Waals surface area contributed by atoms with Gasteiger partial charge in [0.2, 0.25) is 0 Å². The third kappa shape index (κ3) is 3.56. The first-order chi connectivity index (χ1) is 13.7. The van der Waals surface area contributed by atoms with Crippen molar-refractivity contribution in [3.05, 3.63) is 115 Å². The van der Waals surface area contributed by atoms with Crippen LogP contribution in [0.2, 0.25) is 0 Å². The van der Waals surface area contributed by atoms with Gasteiger partial charge in [0.15, 0.2) is 0 Å². The van der Waals surface area contributed by atoms with Crippen molar-refractivity contribution >= 4 is 10.0 Å². The van der Waals surface area contributed by atoms with Crippen molar-refractivity contribution in [1.29, 1.82) is 0 Å². The van der Waals surface area contributed by atoms with E-state index < -0.39 is 10.0 Å². The molecule has 0 unspecified atom stereocenters. The fourth-order valence-corrected chi connectivity index (χ4v) is 6.37. The zero-order valence-corrected chi connectivity index (χ0v) is 17.0. The monoisotopic (exact) mass is 384 g/mol. The molecule has 0 atom stereocenters. The van der Waals surface area contributed by atoms with Gasteiger partial charge in [-0.15, -0.1) is 0 Å². The molecule has 0 spiro atoms. The zero-order valence-electron chi connectivity index (χ0n) is 16.2. The van der Waals surface area contributed by atoms with Crippen LogP contribution in [0.15, 0.2) is 124 Å². The van der Waals surface area contributed by atoms with E-state index in [0.29, 0.717) is 0 Å². The molecule has 140 valence electrons. The van der Waals surface area contributed by atoms with Crippen LogP contribution in [-0.4, -0.2) is 6.26 Å². The second kappa shape index (κ2) is 7.95. The van der Waals surface area contributed by atoms with Crippen molar-refractivity contribution in [2.45, 2.75) is 21.6 Å². The summed E-state index contributed by atoms with van der Waals surface area (Å²) in [5.41, 5.74) is 1.15. The van der Waals surface area contributed by atoms with Gasteiger partial charge < -0.3 is 4.74 Å². The smallest absolute Gasteiger partial charge is 0.130 e. The highest BCUT2D eigenvalue weighted by Crippen LogP contribution is 2.65. The summed E-state index contributed by atoms with van der Waals surface area (Å²) in [6.45, 7) is 2.12. The first kappa shape index (κ1) is 18.4. The molecule has 0 heterocycles. The molecule has 0 aliphatic carbocycles. The molecule has 0 amide bonds. The molecule has 0 saturated heterocycles. The van der Waals surface area contributed by atoms with Gasteiger partial charge in [-0.1, -0.05) is 54.6 Å². The summed E-state index contributed by atoms with van der Waals surface area (Å²) in [5, 5.41) is 0. The fourth-order valence-electron chi connectivity index (χ4n) is 3.40. The van der Waals surface area contributed by atoms with Gasteiger partial charge in [-0.25, -0.2) is 0 Å². The van der Waals surface area contributed by atoms with E-state index in [4.69, 9.17) is 4.74 Å². The molecule has 0 aromatic heterocycles. The van der Waals surface area contributed by atoms with E-state index in [0.717, 1.165) is 17.1 Å². The van der Waals surface area contributed by atoms with Gasteiger partial charge in [0.1, 0.15) is 11.5 Å². The molecule has 0 aliphatic heterocycles. The zero-order chi connectivity index (χ0) is 19.4. The Morgan fingerprint density at radius 3 is 1.57 bits per heavy atom. The standard InChI is InChI=1S/C26H24OS/c1-21-20-25(18-19-26(21)27-22-12-6-3-7-13-22)28(2,23-14-8-4-9-15-23)24-16-10-5-11-17-24/h3-20H,1-2H3. The molecule has 4 aromatic carbocycles. The van der Waals surface area contributed by atoms with Crippen molar-refractivity contribution < 1.29 is 4.74 Å². The molecule has 4 aromatic rings. The van der Waals surface area contributed by atoms with E-state index in [1.807, 2.05) is 30.3 Å². The summed E-state index contributed by atoms with van der Waals surface area (Å²) in [6.07, 6.45) is 2.38. The topological polar surface area (TPSA) is 9.23 Å². The molecule has 1 nitrogen and oxygen atoms in total. The van der Waals surface area contributed by atoms with Crippen LogP contribution >= 0.6 is 10.0 Å². The Bertz CT molecular complexity index is 1000. The number of ether oxygens (including phenoxy) is 1. The van der Waals surface area contributed by atoms with Gasteiger partial charge in [0.25, 0.3) is 0 Å². The van der Waals surface area contributed by atoms with Crippen molar-refractivity contribution in [2.75, 3.05) is 6.26 Å². The highest BCUT2D eigenvalue weighted by Gasteiger charge is 2.26. The lowest BCUT2D eigenvalue weighted by atomic mass is 10.2. The molecule has 2 heteroatoms. The Labute approximate surface area is 169 Å². The molecule has 0 aliphatic rings. The van der Waals surface area contributed by atoms with Gasteiger partial charge >= 0.3 is 0 Å². The van der Waals surface area contributed by atoms with Crippen LogP contribution in [0, 0.1) is 6.92 Å². The van der Waals surface area contributed by atoms with Crippen LogP contribution in [0.25, 0.3) is 0 Å². The van der Waals surface area contributed by atoms with Gasteiger partial charge in [0, 0.05) is 0 Å². The number of rotatable bonds is 5. The second-order valence-electron chi connectivity index (χ2n) is 6.89. The average Bonchev–Trinajstić information content (AvgIpc) is 2.76. The summed E-state index contributed by atoms with van der Waals surface area (Å²) in [4.78, 5) is 4.05. The molecule has 28 heavy (non-hydrogen) atoms. The highest BCUT2D eigenvalue weighted by atomic mass is 32.3. The SMILES string of the molecule is Cc1cc(S(C)(c2ccccc2)c2ccccc2)ccc1Oc1ccccc1. The largest absolute Gasteiger partial charge is 0.457 e. The minimum absolute atomic E-state index is 0.861. The Balaban J connectivity index is 1.78. The minimum Gasteiger partial charge on any atom is -0.457 e. The molecule has 0 bridgehead atoms. The number of para-hydroxylation sites is 1. The first-order valence-electron chi connectivity index (χ1n) is 9.40. The molecular formula is C26H24OS. The maximum atomic E-state index is 6.10. The van der Waals surface area contributed by atoms with Gasteiger partial charge in [-0.3, -0.25) is 0 Å². The number of aryl methyl sites for hydroxylation is 1. The normalized spacial score (nSPS) is 11.8. The number of hydrogen-bond donors (Lipinski definition) is 0. The van der Waals surface area contributed by atoms with Gasteiger partial charge in [-0.05, 0) is 88.0 Å². The summed E-state index contributed by atoms with van der Waals surface area (Å²) >= 11 is 0. The van der Waals surface area contributed by atoms with Gasteiger partial charge in [0.05, 0.1) is 0 Å². The summed E-state index contributed by atoms with van der Waals surface area (Å²) in [6, 6.07) is 38.2. The highest BCUT2D eigenvalue weighted by molar-refractivity contribution is 8.33. The minimum atomic E-state index is -1.34. The third-order valence-electron chi connectivity index (χ3n) is 5.02. The van der Waals surface area contributed by atoms with Crippen LogP contribution in [0.5, 0.6) is 11.5 Å². The molecule has 4 rings (SSSR count). The van der Waals surface area contributed by atoms with Crippen molar-refractivity contribution in [3.8, 4) is 11.5 Å². The molecular weight excluding hydrogens is 360 g/mol. The van der Waals surface area contributed by atoms with E-state index in [2.05, 4.69) is 92.0 Å². The van der Waals surface area contributed by atoms with E-state index in [1.165, 1.54) is 14.7 Å². The van der Waals surface area contributed by atoms with Crippen molar-refractivity contribution in [2.24, 2.45) is 0 Å². The predicted octanol–water partition coefficient (Wildman–Crippen LogP) is 7.70. The lowest BCUT2D eigenvalue weighted by Crippen LogP contribution is -2.02. The van der Waals surface area contributed by atoms with Gasteiger partial charge in [-0.2, -0.15) is 10.0 Å². The fraction of sp³-hybridized carbons (Fsp3) is 0.0769. The average molecular weight is 385 g/mol. The summed E-state index contributed by atoms with van der Waals surface area (Å²) in [5.74, 6) is 1.76. The predicted molar refractivity (Wildman–Crippen MR) is 119 cm³/mol. The van der Waals surface area contributed by atoms with Crippen LogP contribution in [-0.2, 0) is 0 Å². The Kier molecular flexibility index (Phi) is 5.23. The molecule has 0 saturated carbocycles. The lowest BCUT2D eigenvalue weighted by Gasteiger charge is -2.38. The van der Waals surface area contributed by atoms with E-state index in [9.17, 15) is 0 Å². The number of benzene rings is 4. The first-order valence-corrected chi connectivity index (χ1v) is 11.4. The Morgan fingerprint density at radius 1 is 0.571 bits per heavy atom. The van der Waals surface area contributed by atoms with Crippen LogP contribution in [0.3, 0.4) is 0 Å². The van der Waals surface area contributed by atoms with Crippen LogP contribution < -0.4 is 4.74 Å². The van der Waals surface area contributed by atoms with E-state index >= 15 is 0 Å². The third-order valence-corrected chi connectivity index (χ3v) is 8.64. The second-order valence-corrected chi connectivity index (χ2v) is 10.1. The molecule has 0 N–H and O–H groups in total. The Hall–Kier alpha value is -2.97. The lowest BCUT2D eigenvalue weighted by molar-refractivity contribution is 0.478. The van der Waals surface area contributed by atoms with Crippen molar-refractivity contribution in [1.82, 2.24) is 0 Å². The van der Waals surface area contributed by atoms with E-state index in [-0.39, 0.29) is 0 Å². The maximum absolute atomic E-state index is 6.10.